The quantitative estimate of drug-likeness (QED) is 0.457. The van der Waals surface area contributed by atoms with Gasteiger partial charge in [0.1, 0.15) is 11.4 Å². The van der Waals surface area contributed by atoms with Crippen LogP contribution in [0.5, 0.6) is 0 Å². The number of carbonyl (C=O) groups is 3. The summed E-state index contributed by atoms with van der Waals surface area (Å²) in [6.07, 6.45) is 2.47. The van der Waals surface area contributed by atoms with Crippen LogP contribution in [-0.2, 0) is 9.53 Å². The Hall–Kier alpha value is -3.82. The van der Waals surface area contributed by atoms with Gasteiger partial charge in [-0.25, -0.2) is 14.0 Å². The SMILES string of the molecule is Cc1[nH]c(/C=C2\C(=O)Nc3ccc(F)cc32)c(C)c1NC(=O)N1CCC(NC(=O)OC(C)(C)C)CC1. The fourth-order valence-corrected chi connectivity index (χ4v) is 4.44. The molecule has 4 rings (SSSR count). The Kier molecular flexibility index (Phi) is 6.79. The molecular weight excluding hydrogens is 465 g/mol. The average molecular weight is 498 g/mol. The largest absolute Gasteiger partial charge is 0.444 e. The molecule has 0 bridgehead atoms. The molecule has 1 fully saturated rings. The van der Waals surface area contributed by atoms with Crippen molar-refractivity contribution in [1.29, 1.82) is 0 Å². The number of aryl methyl sites for hydroxylation is 1. The summed E-state index contributed by atoms with van der Waals surface area (Å²) in [6.45, 7) is 10.1. The van der Waals surface area contributed by atoms with Crippen molar-refractivity contribution >= 4 is 41.1 Å². The molecule has 1 saturated heterocycles. The molecule has 3 heterocycles. The smallest absolute Gasteiger partial charge is 0.407 e. The van der Waals surface area contributed by atoms with E-state index in [1.54, 1.807) is 11.0 Å². The van der Waals surface area contributed by atoms with Gasteiger partial charge >= 0.3 is 12.1 Å². The van der Waals surface area contributed by atoms with Gasteiger partial charge in [-0.15, -0.1) is 0 Å². The maximum absolute atomic E-state index is 13.8. The predicted molar refractivity (Wildman–Crippen MR) is 136 cm³/mol. The number of aromatic nitrogens is 1. The lowest BCUT2D eigenvalue weighted by atomic mass is 10.0. The molecule has 1 aromatic heterocycles. The number of nitrogens with one attached hydrogen (secondary N) is 4. The number of nitrogens with zero attached hydrogens (tertiary/aromatic N) is 1. The molecule has 4 amide bonds. The third kappa shape index (κ3) is 5.53. The third-order valence-corrected chi connectivity index (χ3v) is 6.26. The number of H-pyrrole nitrogens is 1. The molecule has 9 nitrogen and oxygen atoms in total. The van der Waals surface area contributed by atoms with Gasteiger partial charge in [0.2, 0.25) is 0 Å². The fourth-order valence-electron chi connectivity index (χ4n) is 4.44. The van der Waals surface area contributed by atoms with Crippen LogP contribution in [0, 0.1) is 19.7 Å². The van der Waals surface area contributed by atoms with E-state index in [2.05, 4.69) is 20.9 Å². The van der Waals surface area contributed by atoms with Crippen LogP contribution in [-0.4, -0.2) is 52.6 Å². The number of halogens is 1. The highest BCUT2D eigenvalue weighted by Crippen LogP contribution is 2.35. The Morgan fingerprint density at radius 1 is 1.19 bits per heavy atom. The standard InChI is InChI=1S/C26H32FN5O4/c1-14-21(13-19-18-12-16(27)6-7-20(18)30-23(19)33)28-15(2)22(14)31-24(34)32-10-8-17(9-11-32)29-25(35)36-26(3,4)5/h6-7,12-13,17,28H,8-11H2,1-5H3,(H,29,35)(H,30,33)(H,31,34)/b19-13-. The Balaban J connectivity index is 1.41. The summed E-state index contributed by atoms with van der Waals surface area (Å²) in [5.74, 6) is -0.732. The lowest BCUT2D eigenvalue weighted by Crippen LogP contribution is -2.48. The number of piperidine rings is 1. The minimum Gasteiger partial charge on any atom is -0.444 e. The molecule has 4 N–H and O–H groups in total. The number of ether oxygens (including phenoxy) is 1. The van der Waals surface area contributed by atoms with E-state index < -0.39 is 17.5 Å². The summed E-state index contributed by atoms with van der Waals surface area (Å²) in [6, 6.07) is 3.88. The third-order valence-electron chi connectivity index (χ3n) is 6.26. The van der Waals surface area contributed by atoms with Crippen molar-refractivity contribution in [1.82, 2.24) is 15.2 Å². The molecule has 0 unspecified atom stereocenters. The number of rotatable bonds is 3. The summed E-state index contributed by atoms with van der Waals surface area (Å²) in [5.41, 5.74) is 3.66. The lowest BCUT2D eigenvalue weighted by Gasteiger charge is -2.33. The normalized spacial score (nSPS) is 17.1. The van der Waals surface area contributed by atoms with E-state index >= 15 is 0 Å². The second-order valence-electron chi connectivity index (χ2n) is 10.2. The van der Waals surface area contributed by atoms with Crippen LogP contribution in [0.1, 0.15) is 56.1 Å². The minimum atomic E-state index is -0.563. The van der Waals surface area contributed by atoms with Gasteiger partial charge in [0.15, 0.2) is 0 Å². The lowest BCUT2D eigenvalue weighted by molar-refractivity contribution is -0.110. The van der Waals surface area contributed by atoms with E-state index in [0.717, 1.165) is 11.3 Å². The predicted octanol–water partition coefficient (Wildman–Crippen LogP) is 4.78. The van der Waals surface area contributed by atoms with E-state index in [1.165, 1.54) is 18.2 Å². The molecule has 192 valence electrons. The molecule has 10 heteroatoms. The van der Waals surface area contributed by atoms with Crippen LogP contribution in [0.4, 0.5) is 25.4 Å². The number of carbonyl (C=O) groups excluding carboxylic acids is 3. The van der Waals surface area contributed by atoms with E-state index in [9.17, 15) is 18.8 Å². The van der Waals surface area contributed by atoms with Crippen LogP contribution < -0.4 is 16.0 Å². The second-order valence-corrected chi connectivity index (χ2v) is 10.2. The summed E-state index contributed by atoms with van der Waals surface area (Å²) in [7, 11) is 0. The van der Waals surface area contributed by atoms with E-state index in [1.807, 2.05) is 34.6 Å². The Morgan fingerprint density at radius 2 is 1.89 bits per heavy atom. The molecule has 2 aromatic rings. The van der Waals surface area contributed by atoms with Crippen molar-refractivity contribution < 1.29 is 23.5 Å². The van der Waals surface area contributed by atoms with Gasteiger partial charge in [-0.05, 0) is 77.3 Å². The zero-order chi connectivity index (χ0) is 26.2. The van der Waals surface area contributed by atoms with Gasteiger partial charge in [0.05, 0.1) is 11.3 Å². The summed E-state index contributed by atoms with van der Waals surface area (Å²) in [4.78, 5) is 42.4. The number of fused-ring (bicyclic) bond motifs is 1. The van der Waals surface area contributed by atoms with Gasteiger partial charge in [0, 0.05) is 41.8 Å². The first-order chi connectivity index (χ1) is 16.9. The fraction of sp³-hybridized carbons (Fsp3) is 0.423. The van der Waals surface area contributed by atoms with Crippen molar-refractivity contribution in [2.45, 2.75) is 59.1 Å². The van der Waals surface area contributed by atoms with Crippen molar-refractivity contribution in [2.75, 3.05) is 23.7 Å². The Labute approximate surface area is 209 Å². The maximum atomic E-state index is 13.8. The molecule has 0 spiro atoms. The maximum Gasteiger partial charge on any atom is 0.407 e. The molecule has 0 aliphatic carbocycles. The van der Waals surface area contributed by atoms with Gasteiger partial charge < -0.3 is 30.6 Å². The van der Waals surface area contributed by atoms with E-state index in [4.69, 9.17) is 4.74 Å². The highest BCUT2D eigenvalue weighted by molar-refractivity contribution is 6.34. The van der Waals surface area contributed by atoms with Crippen LogP contribution in [0.15, 0.2) is 18.2 Å². The topological polar surface area (TPSA) is 116 Å². The van der Waals surface area contributed by atoms with Crippen molar-refractivity contribution in [3.8, 4) is 0 Å². The number of hydrogen-bond acceptors (Lipinski definition) is 4. The zero-order valence-corrected chi connectivity index (χ0v) is 21.2. The summed E-state index contributed by atoms with van der Waals surface area (Å²) < 4.78 is 19.1. The van der Waals surface area contributed by atoms with Crippen molar-refractivity contribution in [3.05, 3.63) is 46.5 Å². The molecule has 0 radical (unpaired) electrons. The summed E-state index contributed by atoms with van der Waals surface area (Å²) >= 11 is 0. The van der Waals surface area contributed by atoms with Gasteiger partial charge in [0.25, 0.3) is 5.91 Å². The molecule has 0 saturated carbocycles. The number of benzene rings is 1. The average Bonchev–Trinajstić information content (AvgIpc) is 3.23. The molecule has 0 atom stereocenters. The summed E-state index contributed by atoms with van der Waals surface area (Å²) in [5, 5.41) is 8.58. The van der Waals surface area contributed by atoms with Crippen LogP contribution in [0.3, 0.4) is 0 Å². The van der Waals surface area contributed by atoms with Gasteiger partial charge in [-0.1, -0.05) is 0 Å². The van der Waals surface area contributed by atoms with E-state index in [0.29, 0.717) is 54.1 Å². The number of amides is 4. The molecule has 2 aliphatic rings. The molecule has 1 aromatic carbocycles. The zero-order valence-electron chi connectivity index (χ0n) is 21.2. The Morgan fingerprint density at radius 3 is 2.56 bits per heavy atom. The van der Waals surface area contributed by atoms with Crippen molar-refractivity contribution in [2.24, 2.45) is 0 Å². The minimum absolute atomic E-state index is 0.0527. The Bertz CT molecular complexity index is 1240. The van der Waals surface area contributed by atoms with Gasteiger partial charge in [-0.2, -0.15) is 0 Å². The van der Waals surface area contributed by atoms with Crippen LogP contribution in [0.2, 0.25) is 0 Å². The first-order valence-corrected chi connectivity index (χ1v) is 12.0. The highest BCUT2D eigenvalue weighted by atomic mass is 19.1. The number of alkyl carbamates (subject to hydrolysis) is 1. The molecule has 36 heavy (non-hydrogen) atoms. The second kappa shape index (κ2) is 9.67. The highest BCUT2D eigenvalue weighted by Gasteiger charge is 2.28. The number of urea groups is 1. The van der Waals surface area contributed by atoms with Crippen LogP contribution in [0.25, 0.3) is 11.6 Å². The van der Waals surface area contributed by atoms with E-state index in [-0.39, 0.29) is 18.0 Å². The molecular formula is C26H32FN5O4. The first kappa shape index (κ1) is 25.3. The van der Waals surface area contributed by atoms with Crippen LogP contribution >= 0.6 is 0 Å². The first-order valence-electron chi connectivity index (χ1n) is 12.0. The number of likely N-dealkylation sites (tertiary alicyclic amines) is 1. The number of hydrogen-bond donors (Lipinski definition) is 4. The number of aromatic amines is 1. The molecule has 2 aliphatic heterocycles. The van der Waals surface area contributed by atoms with Crippen molar-refractivity contribution in [3.63, 3.8) is 0 Å². The number of anilines is 2. The van der Waals surface area contributed by atoms with Gasteiger partial charge in [-0.3, -0.25) is 4.79 Å². The monoisotopic (exact) mass is 497 g/mol.